The van der Waals surface area contributed by atoms with Crippen molar-refractivity contribution < 1.29 is 9.59 Å². The van der Waals surface area contributed by atoms with Crippen LogP contribution < -0.4 is 5.32 Å². The van der Waals surface area contributed by atoms with Crippen LogP contribution in [0.1, 0.15) is 43.8 Å². The Balaban J connectivity index is 1.64. The molecule has 0 spiro atoms. The van der Waals surface area contributed by atoms with Gasteiger partial charge in [0.05, 0.1) is 22.3 Å². The van der Waals surface area contributed by atoms with Crippen molar-refractivity contribution in [2.24, 2.45) is 0 Å². The van der Waals surface area contributed by atoms with Gasteiger partial charge in [-0.05, 0) is 25.5 Å². The van der Waals surface area contributed by atoms with Gasteiger partial charge in [-0.3, -0.25) is 14.6 Å². The summed E-state index contributed by atoms with van der Waals surface area (Å²) < 4.78 is 0. The quantitative estimate of drug-likeness (QED) is 0.758. The van der Waals surface area contributed by atoms with Crippen molar-refractivity contribution >= 4 is 34.1 Å². The molecule has 1 atom stereocenters. The maximum Gasteiger partial charge on any atom is 0.265 e. The number of nitrogens with one attached hydrogen (secondary N) is 1. The summed E-state index contributed by atoms with van der Waals surface area (Å²) in [5, 5.41) is 3.55. The third kappa shape index (κ3) is 3.19. The Hall–Kier alpha value is -2.80. The van der Waals surface area contributed by atoms with E-state index in [-0.39, 0.29) is 17.7 Å². The van der Waals surface area contributed by atoms with Gasteiger partial charge in [-0.2, -0.15) is 0 Å². The standard InChI is InChI=1S/C20H20N4O2S/c1-12-18(27-11-22-12)20(26)24-8-7-13(10-24)17-9-15(19(25)21-2)14-5-3-4-6-16(14)23-17/h3-6,9,11,13H,7-8,10H2,1-2H3,(H,21,25)/t13-/m1/s1. The molecule has 3 aromatic rings. The van der Waals surface area contributed by atoms with E-state index >= 15 is 0 Å². The summed E-state index contributed by atoms with van der Waals surface area (Å²) >= 11 is 1.38. The highest BCUT2D eigenvalue weighted by molar-refractivity contribution is 7.11. The lowest BCUT2D eigenvalue weighted by molar-refractivity contribution is 0.0794. The molecule has 2 amide bonds. The molecular formula is C20H20N4O2S. The topological polar surface area (TPSA) is 75.2 Å². The second kappa shape index (κ2) is 7.08. The Morgan fingerprint density at radius 1 is 1.30 bits per heavy atom. The second-order valence-electron chi connectivity index (χ2n) is 6.69. The molecule has 3 heterocycles. The van der Waals surface area contributed by atoms with Crippen molar-refractivity contribution in [2.45, 2.75) is 19.3 Å². The molecule has 1 fully saturated rings. The van der Waals surface area contributed by atoms with Crippen LogP contribution >= 0.6 is 11.3 Å². The number of hydrogen-bond donors (Lipinski definition) is 1. The summed E-state index contributed by atoms with van der Waals surface area (Å²) in [7, 11) is 1.63. The monoisotopic (exact) mass is 380 g/mol. The van der Waals surface area contributed by atoms with E-state index in [1.165, 1.54) is 11.3 Å². The molecule has 1 aliphatic rings. The van der Waals surface area contributed by atoms with Crippen LogP contribution in [0.25, 0.3) is 10.9 Å². The summed E-state index contributed by atoms with van der Waals surface area (Å²) in [4.78, 5) is 36.6. The molecule has 0 aliphatic carbocycles. The number of rotatable bonds is 3. The van der Waals surface area contributed by atoms with E-state index in [1.54, 1.807) is 12.6 Å². The Morgan fingerprint density at radius 3 is 2.85 bits per heavy atom. The minimum atomic E-state index is -0.124. The first-order chi connectivity index (χ1) is 13.1. The molecule has 2 aromatic heterocycles. The van der Waals surface area contributed by atoms with E-state index in [0.717, 1.165) is 28.7 Å². The van der Waals surface area contributed by atoms with Gasteiger partial charge in [0.2, 0.25) is 0 Å². The molecule has 138 valence electrons. The van der Waals surface area contributed by atoms with Crippen molar-refractivity contribution in [1.82, 2.24) is 20.2 Å². The van der Waals surface area contributed by atoms with Gasteiger partial charge in [0.15, 0.2) is 0 Å². The third-order valence-electron chi connectivity index (χ3n) is 5.04. The lowest BCUT2D eigenvalue weighted by Crippen LogP contribution is -2.28. The molecule has 0 bridgehead atoms. The summed E-state index contributed by atoms with van der Waals surface area (Å²) in [6, 6.07) is 9.53. The highest BCUT2D eigenvalue weighted by Gasteiger charge is 2.31. The third-order valence-corrected chi connectivity index (χ3v) is 5.96. The zero-order valence-corrected chi connectivity index (χ0v) is 16.0. The Kier molecular flexibility index (Phi) is 4.61. The normalized spacial score (nSPS) is 16.7. The fourth-order valence-corrected chi connectivity index (χ4v) is 4.33. The van der Waals surface area contributed by atoms with Gasteiger partial charge in [-0.1, -0.05) is 18.2 Å². The predicted molar refractivity (Wildman–Crippen MR) is 105 cm³/mol. The number of nitrogens with zero attached hydrogens (tertiary/aromatic N) is 3. The zero-order chi connectivity index (χ0) is 19.0. The molecule has 4 rings (SSSR count). The van der Waals surface area contributed by atoms with E-state index in [0.29, 0.717) is 23.5 Å². The molecule has 1 aliphatic heterocycles. The van der Waals surface area contributed by atoms with Crippen LogP contribution in [-0.2, 0) is 0 Å². The first-order valence-corrected chi connectivity index (χ1v) is 9.77. The number of aromatic nitrogens is 2. The van der Waals surface area contributed by atoms with Crippen molar-refractivity contribution in [2.75, 3.05) is 20.1 Å². The van der Waals surface area contributed by atoms with Crippen LogP contribution in [0.5, 0.6) is 0 Å². The number of likely N-dealkylation sites (tertiary alicyclic amines) is 1. The van der Waals surface area contributed by atoms with Crippen LogP contribution in [-0.4, -0.2) is 46.8 Å². The van der Waals surface area contributed by atoms with Gasteiger partial charge in [0.25, 0.3) is 11.8 Å². The number of carbonyl (C=O) groups is 2. The zero-order valence-electron chi connectivity index (χ0n) is 15.2. The van der Waals surface area contributed by atoms with E-state index in [4.69, 9.17) is 4.98 Å². The van der Waals surface area contributed by atoms with Crippen molar-refractivity contribution in [1.29, 1.82) is 0 Å². The maximum atomic E-state index is 12.8. The minimum Gasteiger partial charge on any atom is -0.355 e. The van der Waals surface area contributed by atoms with Crippen molar-refractivity contribution in [3.63, 3.8) is 0 Å². The van der Waals surface area contributed by atoms with Gasteiger partial charge in [-0.25, -0.2) is 4.98 Å². The molecule has 0 saturated carbocycles. The smallest absolute Gasteiger partial charge is 0.265 e. The van der Waals surface area contributed by atoms with Crippen molar-refractivity contribution in [3.8, 4) is 0 Å². The fraction of sp³-hybridized carbons (Fsp3) is 0.300. The highest BCUT2D eigenvalue weighted by Crippen LogP contribution is 2.30. The maximum absolute atomic E-state index is 12.8. The van der Waals surface area contributed by atoms with Crippen LogP contribution in [0.15, 0.2) is 35.8 Å². The van der Waals surface area contributed by atoms with E-state index in [1.807, 2.05) is 42.2 Å². The number of amides is 2. The summed E-state index contributed by atoms with van der Waals surface area (Å²) in [6.45, 7) is 3.15. The predicted octanol–water partition coefficient (Wildman–Crippen LogP) is 2.99. The summed E-state index contributed by atoms with van der Waals surface area (Å²) in [6.07, 6.45) is 0.835. The van der Waals surface area contributed by atoms with Gasteiger partial charge in [0.1, 0.15) is 4.88 Å². The first-order valence-electron chi connectivity index (χ1n) is 8.89. The van der Waals surface area contributed by atoms with E-state index in [2.05, 4.69) is 10.3 Å². The molecule has 0 radical (unpaired) electrons. The average Bonchev–Trinajstić information content (AvgIpc) is 3.35. The molecule has 7 heteroatoms. The summed E-state index contributed by atoms with van der Waals surface area (Å²) in [5.74, 6) is 0.0288. The molecule has 1 aromatic carbocycles. The minimum absolute atomic E-state index is 0.0322. The molecule has 0 unspecified atom stereocenters. The number of thiazole rings is 1. The summed E-state index contributed by atoms with van der Waals surface area (Å²) in [5.41, 5.74) is 4.78. The van der Waals surface area contributed by atoms with Crippen LogP contribution in [0, 0.1) is 6.92 Å². The van der Waals surface area contributed by atoms with Gasteiger partial charge >= 0.3 is 0 Å². The van der Waals surface area contributed by atoms with Crippen molar-refractivity contribution in [3.05, 3.63) is 57.7 Å². The highest BCUT2D eigenvalue weighted by atomic mass is 32.1. The van der Waals surface area contributed by atoms with Crippen LogP contribution in [0.3, 0.4) is 0 Å². The number of pyridine rings is 1. The number of carbonyl (C=O) groups excluding carboxylic acids is 2. The number of hydrogen-bond acceptors (Lipinski definition) is 5. The fourth-order valence-electron chi connectivity index (χ4n) is 3.56. The van der Waals surface area contributed by atoms with Gasteiger partial charge in [-0.15, -0.1) is 11.3 Å². The largest absolute Gasteiger partial charge is 0.355 e. The molecule has 1 N–H and O–H groups in total. The number of aryl methyl sites for hydroxylation is 1. The molecule has 1 saturated heterocycles. The molecule has 27 heavy (non-hydrogen) atoms. The first kappa shape index (κ1) is 17.6. The van der Waals surface area contributed by atoms with E-state index < -0.39 is 0 Å². The Morgan fingerprint density at radius 2 is 2.11 bits per heavy atom. The van der Waals surface area contributed by atoms with Crippen LogP contribution in [0.2, 0.25) is 0 Å². The number of para-hydroxylation sites is 1. The molecule has 6 nitrogen and oxygen atoms in total. The number of benzene rings is 1. The van der Waals surface area contributed by atoms with Crippen LogP contribution in [0.4, 0.5) is 0 Å². The second-order valence-corrected chi connectivity index (χ2v) is 7.55. The molecular weight excluding hydrogens is 360 g/mol. The SMILES string of the molecule is CNC(=O)c1cc([C@@H]2CCN(C(=O)c3scnc3C)C2)nc2ccccc12. The van der Waals surface area contributed by atoms with E-state index in [9.17, 15) is 9.59 Å². The Labute approximate surface area is 161 Å². The number of fused-ring (bicyclic) bond motifs is 1. The van der Waals surface area contributed by atoms with Gasteiger partial charge < -0.3 is 10.2 Å². The lowest BCUT2D eigenvalue weighted by Gasteiger charge is -2.16. The lowest BCUT2D eigenvalue weighted by atomic mass is 9.99. The average molecular weight is 380 g/mol. The Bertz CT molecular complexity index is 1030. The van der Waals surface area contributed by atoms with Gasteiger partial charge in [0, 0.05) is 37.1 Å².